The number of carbonyl (C=O) groups excluding carboxylic acids is 1. The Bertz CT molecular complexity index is 859. The first-order chi connectivity index (χ1) is 11.6. The number of pyridine rings is 1. The monoisotopic (exact) mass is 323 g/mol. The number of hydrogen-bond acceptors (Lipinski definition) is 5. The molecule has 0 aliphatic carbocycles. The summed E-state index contributed by atoms with van der Waals surface area (Å²) in [6.45, 7) is 0.367. The van der Waals surface area contributed by atoms with Crippen molar-refractivity contribution in [3.63, 3.8) is 0 Å². The molecule has 2 heterocycles. The average Bonchev–Trinajstić information content (AvgIpc) is 3.10. The van der Waals surface area contributed by atoms with Crippen LogP contribution in [0, 0.1) is 10.1 Å². The van der Waals surface area contributed by atoms with Gasteiger partial charge < -0.3 is 5.32 Å². The number of amides is 1. The van der Waals surface area contributed by atoms with Gasteiger partial charge in [-0.3, -0.25) is 25.0 Å². The summed E-state index contributed by atoms with van der Waals surface area (Å²) in [6, 6.07) is 9.54. The molecule has 8 nitrogen and oxygen atoms in total. The highest BCUT2D eigenvalue weighted by molar-refractivity contribution is 5.99. The van der Waals surface area contributed by atoms with Crippen LogP contribution in [0.15, 0.2) is 55.0 Å². The summed E-state index contributed by atoms with van der Waals surface area (Å²) in [7, 11) is 0. The molecule has 2 aromatic heterocycles. The molecule has 0 bridgehead atoms. The minimum absolute atomic E-state index is 0.0121. The van der Waals surface area contributed by atoms with Crippen LogP contribution in [0.5, 0.6) is 0 Å². The number of nitrogens with one attached hydrogen (secondary N) is 2. The van der Waals surface area contributed by atoms with Gasteiger partial charge in [0.1, 0.15) is 0 Å². The second kappa shape index (κ2) is 6.69. The third kappa shape index (κ3) is 3.27. The maximum absolute atomic E-state index is 12.4. The third-order valence-corrected chi connectivity index (χ3v) is 3.45. The number of aromatic nitrogens is 3. The van der Waals surface area contributed by atoms with E-state index in [1.165, 1.54) is 18.3 Å². The summed E-state index contributed by atoms with van der Waals surface area (Å²) in [4.78, 5) is 26.5. The minimum atomic E-state index is -0.473. The van der Waals surface area contributed by atoms with Crippen LogP contribution < -0.4 is 5.32 Å². The van der Waals surface area contributed by atoms with Crippen LogP contribution in [0.3, 0.4) is 0 Å². The number of H-pyrrole nitrogens is 1. The zero-order chi connectivity index (χ0) is 16.9. The second-order valence-electron chi connectivity index (χ2n) is 5.00. The van der Waals surface area contributed by atoms with Gasteiger partial charge in [-0.15, -0.1) is 0 Å². The molecule has 24 heavy (non-hydrogen) atoms. The van der Waals surface area contributed by atoms with Gasteiger partial charge >= 0.3 is 0 Å². The zero-order valence-corrected chi connectivity index (χ0v) is 12.5. The number of nitro benzene ring substituents is 1. The molecule has 0 aliphatic heterocycles. The fourth-order valence-electron chi connectivity index (χ4n) is 2.21. The molecule has 3 aromatic rings. The number of carbonyl (C=O) groups is 1. The van der Waals surface area contributed by atoms with Crippen molar-refractivity contribution in [1.82, 2.24) is 20.5 Å². The number of nitro groups is 1. The van der Waals surface area contributed by atoms with Crippen molar-refractivity contribution in [3.8, 4) is 11.3 Å². The van der Waals surface area contributed by atoms with Crippen LogP contribution in [0.2, 0.25) is 0 Å². The summed E-state index contributed by atoms with van der Waals surface area (Å²) in [5.74, 6) is -0.283. The van der Waals surface area contributed by atoms with E-state index in [0.717, 1.165) is 5.56 Å². The number of rotatable bonds is 5. The van der Waals surface area contributed by atoms with Crippen LogP contribution >= 0.6 is 0 Å². The van der Waals surface area contributed by atoms with Gasteiger partial charge in [0, 0.05) is 36.6 Å². The highest BCUT2D eigenvalue weighted by Gasteiger charge is 2.16. The van der Waals surface area contributed by atoms with Gasteiger partial charge in [-0.05, 0) is 29.8 Å². The van der Waals surface area contributed by atoms with E-state index in [0.29, 0.717) is 23.4 Å². The predicted molar refractivity (Wildman–Crippen MR) is 86.1 cm³/mol. The van der Waals surface area contributed by atoms with E-state index in [-0.39, 0.29) is 11.6 Å². The molecule has 1 aromatic carbocycles. The van der Waals surface area contributed by atoms with Gasteiger partial charge in [0.25, 0.3) is 11.6 Å². The quantitative estimate of drug-likeness (QED) is 0.552. The Morgan fingerprint density at radius 2 is 1.88 bits per heavy atom. The third-order valence-electron chi connectivity index (χ3n) is 3.45. The SMILES string of the molecule is O=C(NCc1ccncc1)c1cn[nH]c1-c1ccc([N+](=O)[O-])cc1. The molecule has 0 unspecified atom stereocenters. The Labute approximate surface area is 136 Å². The van der Waals surface area contributed by atoms with E-state index in [4.69, 9.17) is 0 Å². The molecule has 0 radical (unpaired) electrons. The van der Waals surface area contributed by atoms with Crippen LogP contribution in [-0.4, -0.2) is 26.0 Å². The summed E-state index contributed by atoms with van der Waals surface area (Å²) in [5, 5.41) is 20.2. The van der Waals surface area contributed by atoms with Crippen molar-refractivity contribution in [2.45, 2.75) is 6.54 Å². The Hall–Kier alpha value is -3.55. The average molecular weight is 323 g/mol. The molecule has 0 atom stereocenters. The lowest BCUT2D eigenvalue weighted by Gasteiger charge is -2.06. The summed E-state index contributed by atoms with van der Waals surface area (Å²) in [6.07, 6.45) is 4.74. The second-order valence-corrected chi connectivity index (χ2v) is 5.00. The topological polar surface area (TPSA) is 114 Å². The predicted octanol–water partition coefficient (Wildman–Crippen LogP) is 2.31. The Balaban J connectivity index is 1.77. The molecular weight excluding hydrogens is 310 g/mol. The number of hydrogen-bond donors (Lipinski definition) is 2. The minimum Gasteiger partial charge on any atom is -0.348 e. The first-order valence-electron chi connectivity index (χ1n) is 7.10. The van der Waals surface area contributed by atoms with Crippen LogP contribution in [-0.2, 0) is 6.54 Å². The van der Waals surface area contributed by atoms with Crippen molar-refractivity contribution < 1.29 is 9.72 Å². The van der Waals surface area contributed by atoms with Crippen molar-refractivity contribution in [2.24, 2.45) is 0 Å². The van der Waals surface area contributed by atoms with Gasteiger partial charge in [0.05, 0.1) is 22.4 Å². The molecule has 120 valence electrons. The van der Waals surface area contributed by atoms with Crippen molar-refractivity contribution >= 4 is 11.6 Å². The van der Waals surface area contributed by atoms with Crippen LogP contribution in [0.25, 0.3) is 11.3 Å². The van der Waals surface area contributed by atoms with Crippen molar-refractivity contribution in [3.05, 3.63) is 76.2 Å². The number of benzene rings is 1. The van der Waals surface area contributed by atoms with E-state index >= 15 is 0 Å². The molecule has 8 heteroatoms. The van der Waals surface area contributed by atoms with Gasteiger partial charge in [-0.1, -0.05) is 0 Å². The molecule has 0 saturated heterocycles. The Kier molecular flexibility index (Phi) is 4.28. The Morgan fingerprint density at radius 3 is 2.54 bits per heavy atom. The lowest BCUT2D eigenvalue weighted by molar-refractivity contribution is -0.384. The maximum Gasteiger partial charge on any atom is 0.269 e. The molecule has 3 rings (SSSR count). The molecule has 0 fully saturated rings. The van der Waals surface area contributed by atoms with Gasteiger partial charge in [0.2, 0.25) is 0 Å². The largest absolute Gasteiger partial charge is 0.348 e. The lowest BCUT2D eigenvalue weighted by atomic mass is 10.1. The summed E-state index contributed by atoms with van der Waals surface area (Å²) in [5.41, 5.74) is 2.45. The molecule has 0 aliphatic rings. The summed E-state index contributed by atoms with van der Waals surface area (Å²) < 4.78 is 0. The summed E-state index contributed by atoms with van der Waals surface area (Å²) >= 11 is 0. The smallest absolute Gasteiger partial charge is 0.269 e. The number of nitrogens with zero attached hydrogens (tertiary/aromatic N) is 3. The van der Waals surface area contributed by atoms with Crippen molar-refractivity contribution in [1.29, 1.82) is 0 Å². The highest BCUT2D eigenvalue weighted by atomic mass is 16.6. The molecule has 1 amide bonds. The highest BCUT2D eigenvalue weighted by Crippen LogP contribution is 2.23. The molecular formula is C16H13N5O3. The standard InChI is InChI=1S/C16H13N5O3/c22-16(18-9-11-5-7-17-8-6-11)14-10-19-20-15(14)12-1-3-13(4-2-12)21(23)24/h1-8,10H,9H2,(H,18,22)(H,19,20). The Morgan fingerprint density at radius 1 is 1.17 bits per heavy atom. The molecule has 0 saturated carbocycles. The normalized spacial score (nSPS) is 10.3. The van der Waals surface area contributed by atoms with E-state index in [9.17, 15) is 14.9 Å². The number of non-ortho nitro benzene ring substituents is 1. The van der Waals surface area contributed by atoms with E-state index in [1.54, 1.807) is 24.5 Å². The molecule has 2 N–H and O–H groups in total. The fourth-order valence-corrected chi connectivity index (χ4v) is 2.21. The van der Waals surface area contributed by atoms with E-state index in [2.05, 4.69) is 20.5 Å². The van der Waals surface area contributed by atoms with Gasteiger partial charge in [-0.25, -0.2) is 0 Å². The molecule has 0 spiro atoms. The van der Waals surface area contributed by atoms with E-state index < -0.39 is 4.92 Å². The van der Waals surface area contributed by atoms with Crippen LogP contribution in [0.1, 0.15) is 15.9 Å². The number of aromatic amines is 1. The lowest BCUT2D eigenvalue weighted by Crippen LogP contribution is -2.22. The van der Waals surface area contributed by atoms with Gasteiger partial charge in [0.15, 0.2) is 0 Å². The van der Waals surface area contributed by atoms with E-state index in [1.807, 2.05) is 12.1 Å². The zero-order valence-electron chi connectivity index (χ0n) is 12.5. The first-order valence-corrected chi connectivity index (χ1v) is 7.10. The fraction of sp³-hybridized carbons (Fsp3) is 0.0625. The maximum atomic E-state index is 12.4. The van der Waals surface area contributed by atoms with Gasteiger partial charge in [-0.2, -0.15) is 5.10 Å². The van der Waals surface area contributed by atoms with Crippen LogP contribution in [0.4, 0.5) is 5.69 Å². The van der Waals surface area contributed by atoms with Crippen molar-refractivity contribution in [2.75, 3.05) is 0 Å². The first kappa shape index (κ1) is 15.3.